The Balaban J connectivity index is 1.71. The van der Waals surface area contributed by atoms with Crippen LogP contribution >= 0.6 is 68.8 Å². The number of aliphatic imine (C=N–C) groups is 2. The molecule has 4 heterocycles. The van der Waals surface area contributed by atoms with Gasteiger partial charge in [0, 0.05) is 22.7 Å². The molecule has 4 rings (SSSR count). The smallest absolute Gasteiger partial charge is 0.107 e. The Hall–Kier alpha value is -0.550. The lowest BCUT2D eigenvalue weighted by atomic mass is 10.0. The van der Waals surface area contributed by atoms with Crippen LogP contribution in [0.1, 0.15) is 88.8 Å². The zero-order chi connectivity index (χ0) is 27.1. The molecule has 2 aromatic heterocycles. The van der Waals surface area contributed by atoms with Crippen molar-refractivity contribution in [3.63, 3.8) is 0 Å². The van der Waals surface area contributed by atoms with Crippen molar-refractivity contribution in [3.8, 4) is 0 Å². The molecular formula is C30H40IN3S4. The van der Waals surface area contributed by atoms with E-state index in [0.717, 1.165) is 54.7 Å². The Labute approximate surface area is 259 Å². The van der Waals surface area contributed by atoms with Crippen molar-refractivity contribution in [2.24, 2.45) is 21.8 Å². The molecule has 0 fully saturated rings. The summed E-state index contributed by atoms with van der Waals surface area (Å²) in [5.74, 6) is 3.66. The molecule has 0 bridgehead atoms. The minimum atomic E-state index is 0.722. The number of thiophene rings is 2. The third kappa shape index (κ3) is 7.39. The van der Waals surface area contributed by atoms with Crippen molar-refractivity contribution in [3.05, 3.63) is 48.0 Å². The second kappa shape index (κ2) is 14.9. The Morgan fingerprint density at radius 1 is 0.763 bits per heavy atom. The molecule has 0 spiro atoms. The van der Waals surface area contributed by atoms with Gasteiger partial charge in [-0.1, -0.05) is 66.2 Å². The van der Waals surface area contributed by atoms with Gasteiger partial charge in [-0.3, -0.25) is 0 Å². The van der Waals surface area contributed by atoms with E-state index in [2.05, 4.69) is 68.5 Å². The summed E-state index contributed by atoms with van der Waals surface area (Å²) in [6, 6.07) is 8.58. The Morgan fingerprint density at radius 3 is 1.66 bits per heavy atom. The van der Waals surface area contributed by atoms with E-state index in [1.54, 1.807) is 11.3 Å². The number of nitrogens with two attached hydrogens (primary N) is 1. The molecule has 2 aromatic rings. The van der Waals surface area contributed by atoms with Gasteiger partial charge in [0.2, 0.25) is 0 Å². The monoisotopic (exact) mass is 697 g/mol. The first-order valence-corrected chi connectivity index (χ1v) is 18.7. The van der Waals surface area contributed by atoms with Gasteiger partial charge in [-0.2, -0.15) is 0 Å². The van der Waals surface area contributed by atoms with E-state index in [4.69, 9.17) is 15.7 Å². The summed E-state index contributed by atoms with van der Waals surface area (Å²) in [6.45, 7) is 9.23. The second-order valence-electron chi connectivity index (χ2n) is 10.0. The summed E-state index contributed by atoms with van der Waals surface area (Å²) in [6.07, 6.45) is 10.2. The van der Waals surface area contributed by atoms with Gasteiger partial charge in [0.25, 0.3) is 0 Å². The van der Waals surface area contributed by atoms with Crippen LogP contribution in [-0.2, 0) is 0 Å². The molecule has 0 radical (unpaired) electrons. The highest BCUT2D eigenvalue weighted by Crippen LogP contribution is 2.49. The molecule has 3 nitrogen and oxygen atoms in total. The molecule has 206 valence electrons. The van der Waals surface area contributed by atoms with Gasteiger partial charge in [0.05, 0.1) is 29.0 Å². The van der Waals surface area contributed by atoms with Crippen LogP contribution in [0, 0.1) is 14.7 Å². The van der Waals surface area contributed by atoms with Gasteiger partial charge in [-0.05, 0) is 71.5 Å². The predicted octanol–water partition coefficient (Wildman–Crippen LogP) is 10.8. The summed E-state index contributed by atoms with van der Waals surface area (Å²) in [5, 5.41) is 3.13. The van der Waals surface area contributed by atoms with Crippen molar-refractivity contribution >= 4 is 95.3 Å². The van der Waals surface area contributed by atoms with E-state index in [0.29, 0.717) is 0 Å². The molecule has 0 amide bonds. The second-order valence-corrected chi connectivity index (χ2v) is 16.2. The average Bonchev–Trinajstić information content (AvgIpc) is 3.70. The summed E-state index contributed by atoms with van der Waals surface area (Å²) < 4.78 is 1.29. The third-order valence-electron chi connectivity index (χ3n) is 7.24. The predicted molar refractivity (Wildman–Crippen MR) is 186 cm³/mol. The minimum Gasteiger partial charge on any atom is -0.391 e. The zero-order valence-corrected chi connectivity index (χ0v) is 28.4. The SMILES string of the molecule is CCCCC(CC)CSC1=NC(c2ccc(I)s2)=C2C(SCC(CC)CCCC)=NC(c3ccc(N)s3)=C12. The van der Waals surface area contributed by atoms with Crippen LogP contribution in [0.5, 0.6) is 0 Å². The van der Waals surface area contributed by atoms with Crippen molar-refractivity contribution < 1.29 is 0 Å². The van der Waals surface area contributed by atoms with Gasteiger partial charge in [-0.25, -0.2) is 9.98 Å². The molecular weight excluding hydrogens is 658 g/mol. The number of fused-ring (bicyclic) bond motifs is 1. The average molecular weight is 698 g/mol. The molecule has 0 saturated heterocycles. The number of halogens is 1. The summed E-state index contributed by atoms with van der Waals surface area (Å²) in [4.78, 5) is 13.1. The lowest BCUT2D eigenvalue weighted by Gasteiger charge is -2.15. The van der Waals surface area contributed by atoms with Crippen molar-refractivity contribution in [2.75, 3.05) is 17.2 Å². The fourth-order valence-corrected chi connectivity index (χ4v) is 9.74. The first kappa shape index (κ1) is 30.4. The van der Waals surface area contributed by atoms with Crippen LogP contribution in [0.2, 0.25) is 0 Å². The maximum Gasteiger partial charge on any atom is 0.107 e. The van der Waals surface area contributed by atoms with Gasteiger partial charge in [0.1, 0.15) is 10.1 Å². The quantitative estimate of drug-likeness (QED) is 0.200. The van der Waals surface area contributed by atoms with Crippen LogP contribution in [0.4, 0.5) is 5.00 Å². The Bertz CT molecular complexity index is 1130. The van der Waals surface area contributed by atoms with Gasteiger partial charge in [-0.15, -0.1) is 46.2 Å². The first-order valence-electron chi connectivity index (χ1n) is 14.0. The van der Waals surface area contributed by atoms with E-state index in [1.807, 2.05) is 40.9 Å². The first-order chi connectivity index (χ1) is 18.5. The number of hydrogen-bond acceptors (Lipinski definition) is 7. The Morgan fingerprint density at radius 2 is 1.26 bits per heavy atom. The highest BCUT2D eigenvalue weighted by atomic mass is 127. The molecule has 2 aliphatic rings. The molecule has 2 atom stereocenters. The number of unbranched alkanes of at least 4 members (excludes halogenated alkanes) is 2. The largest absolute Gasteiger partial charge is 0.391 e. The van der Waals surface area contributed by atoms with Crippen molar-refractivity contribution in [1.82, 2.24) is 0 Å². The summed E-state index contributed by atoms with van der Waals surface area (Å²) >= 11 is 9.77. The molecule has 2 aliphatic heterocycles. The fraction of sp³-hybridized carbons (Fsp3) is 0.533. The normalized spacial score (nSPS) is 16.8. The number of hydrogen-bond donors (Lipinski definition) is 1. The topological polar surface area (TPSA) is 50.7 Å². The maximum atomic E-state index is 6.20. The van der Waals surface area contributed by atoms with Crippen LogP contribution < -0.4 is 5.73 Å². The van der Waals surface area contributed by atoms with Crippen molar-refractivity contribution in [1.29, 1.82) is 0 Å². The zero-order valence-electron chi connectivity index (χ0n) is 23.0. The number of anilines is 1. The fourth-order valence-electron chi connectivity index (χ4n) is 4.76. The van der Waals surface area contributed by atoms with E-state index in [1.165, 1.54) is 70.3 Å². The molecule has 0 aliphatic carbocycles. The van der Waals surface area contributed by atoms with Crippen LogP contribution in [0.15, 0.2) is 45.4 Å². The Kier molecular flexibility index (Phi) is 11.9. The molecule has 38 heavy (non-hydrogen) atoms. The number of nitrogen functional groups attached to an aromatic ring is 1. The highest BCUT2D eigenvalue weighted by molar-refractivity contribution is 14.1. The summed E-state index contributed by atoms with van der Waals surface area (Å²) in [7, 11) is 0. The van der Waals surface area contributed by atoms with E-state index in [-0.39, 0.29) is 0 Å². The maximum absolute atomic E-state index is 6.20. The summed E-state index contributed by atoms with van der Waals surface area (Å²) in [5.41, 5.74) is 10.9. The minimum absolute atomic E-state index is 0.722. The van der Waals surface area contributed by atoms with Crippen LogP contribution in [-0.4, -0.2) is 21.6 Å². The molecule has 8 heteroatoms. The van der Waals surface area contributed by atoms with E-state index in [9.17, 15) is 0 Å². The van der Waals surface area contributed by atoms with Gasteiger partial charge < -0.3 is 5.73 Å². The van der Waals surface area contributed by atoms with Gasteiger partial charge >= 0.3 is 0 Å². The van der Waals surface area contributed by atoms with Gasteiger partial charge in [0.15, 0.2) is 0 Å². The molecule has 2 unspecified atom stereocenters. The lowest BCUT2D eigenvalue weighted by Crippen LogP contribution is -2.08. The molecule has 2 N–H and O–H groups in total. The third-order valence-corrected chi connectivity index (χ3v) is 12.5. The lowest BCUT2D eigenvalue weighted by molar-refractivity contribution is 0.500. The number of nitrogens with zero attached hydrogens (tertiary/aromatic N) is 2. The van der Waals surface area contributed by atoms with E-state index >= 15 is 0 Å². The van der Waals surface area contributed by atoms with Crippen LogP contribution in [0.3, 0.4) is 0 Å². The highest BCUT2D eigenvalue weighted by Gasteiger charge is 2.37. The van der Waals surface area contributed by atoms with E-state index < -0.39 is 0 Å². The number of thioether (sulfide) groups is 2. The van der Waals surface area contributed by atoms with Crippen LogP contribution in [0.25, 0.3) is 11.4 Å². The standard InChI is InChI=1S/C30H40IN3S4/c1-5-9-11-19(7-3)17-35-29-25-26(28(34-29)22-14-16-24(32)38-22)30(36-18-20(8-4)12-10-6-2)33-27(25)21-13-15-23(31)37-21/h13-16,19-20H,5-12,17-18,32H2,1-4H3. The molecule has 0 aromatic carbocycles. The van der Waals surface area contributed by atoms with Crippen molar-refractivity contribution in [2.45, 2.75) is 79.1 Å². The molecule has 0 saturated carbocycles. The number of rotatable bonds is 14.